The number of ether oxygens (including phenoxy) is 1. The number of carbonyl (C=O) groups excluding carboxylic acids is 1. The first-order valence-electron chi connectivity index (χ1n) is 9.32. The van der Waals surface area contributed by atoms with E-state index in [1.807, 2.05) is 92.8 Å². The van der Waals surface area contributed by atoms with Crippen molar-refractivity contribution < 1.29 is 9.53 Å². The van der Waals surface area contributed by atoms with E-state index in [0.29, 0.717) is 6.54 Å². The van der Waals surface area contributed by atoms with Crippen LogP contribution in [0, 0.1) is 6.92 Å². The predicted molar refractivity (Wildman–Crippen MR) is 113 cm³/mol. The molecule has 28 heavy (non-hydrogen) atoms. The van der Waals surface area contributed by atoms with Gasteiger partial charge in [0.05, 0.1) is 7.11 Å². The van der Waals surface area contributed by atoms with Crippen LogP contribution < -0.4 is 10.1 Å². The fourth-order valence-electron chi connectivity index (χ4n) is 3.20. The summed E-state index contributed by atoms with van der Waals surface area (Å²) < 4.78 is 5.23. The first kappa shape index (κ1) is 19.6. The number of likely N-dealkylation sites (N-methyl/N-ethyl adjacent to an activating group) is 1. The van der Waals surface area contributed by atoms with E-state index in [2.05, 4.69) is 10.2 Å². The van der Waals surface area contributed by atoms with Gasteiger partial charge in [0.15, 0.2) is 0 Å². The Hall–Kier alpha value is -3.11. The van der Waals surface area contributed by atoms with E-state index >= 15 is 0 Å². The average molecular weight is 374 g/mol. The van der Waals surface area contributed by atoms with E-state index in [-0.39, 0.29) is 5.91 Å². The molecule has 0 radical (unpaired) electrons. The lowest BCUT2D eigenvalue weighted by Gasteiger charge is -2.28. The molecule has 3 aromatic carbocycles. The first-order chi connectivity index (χ1) is 13.6. The summed E-state index contributed by atoms with van der Waals surface area (Å²) in [5.41, 5.74) is 4.04. The Balaban J connectivity index is 1.81. The third-order valence-corrected chi connectivity index (χ3v) is 4.71. The molecular formula is C24H26N2O2. The molecular weight excluding hydrogens is 348 g/mol. The van der Waals surface area contributed by atoms with Gasteiger partial charge in [0.1, 0.15) is 11.8 Å². The summed E-state index contributed by atoms with van der Waals surface area (Å²) in [6.45, 7) is 2.67. The lowest BCUT2D eigenvalue weighted by atomic mass is 10.0. The van der Waals surface area contributed by atoms with Crippen LogP contribution in [0.4, 0.5) is 5.69 Å². The van der Waals surface area contributed by atoms with Gasteiger partial charge in [-0.3, -0.25) is 9.69 Å². The number of rotatable bonds is 7. The predicted octanol–water partition coefficient (Wildman–Crippen LogP) is 4.82. The SMILES string of the molecule is COc1ccc(CN(C)C(C(=O)Nc2ccc(C)cc2)c2ccccc2)cc1. The lowest BCUT2D eigenvalue weighted by molar-refractivity contribution is -0.121. The Kier molecular flexibility index (Phi) is 6.45. The van der Waals surface area contributed by atoms with E-state index in [1.165, 1.54) is 0 Å². The van der Waals surface area contributed by atoms with Gasteiger partial charge in [0, 0.05) is 12.2 Å². The number of benzene rings is 3. The van der Waals surface area contributed by atoms with Crippen LogP contribution in [0.1, 0.15) is 22.7 Å². The lowest BCUT2D eigenvalue weighted by Crippen LogP contribution is -2.34. The molecule has 0 saturated carbocycles. The minimum atomic E-state index is -0.399. The Morgan fingerprint density at radius 3 is 2.21 bits per heavy atom. The van der Waals surface area contributed by atoms with Gasteiger partial charge in [-0.05, 0) is 49.4 Å². The van der Waals surface area contributed by atoms with Crippen molar-refractivity contribution in [1.82, 2.24) is 4.90 Å². The highest BCUT2D eigenvalue weighted by Gasteiger charge is 2.25. The van der Waals surface area contributed by atoms with E-state index < -0.39 is 6.04 Å². The zero-order valence-corrected chi connectivity index (χ0v) is 16.6. The number of hydrogen-bond acceptors (Lipinski definition) is 3. The van der Waals surface area contributed by atoms with Gasteiger partial charge in [0.25, 0.3) is 0 Å². The number of aryl methyl sites for hydroxylation is 1. The number of nitrogens with zero attached hydrogens (tertiary/aromatic N) is 1. The molecule has 0 heterocycles. The summed E-state index contributed by atoms with van der Waals surface area (Å²) in [5, 5.41) is 3.05. The smallest absolute Gasteiger partial charge is 0.246 e. The summed E-state index contributed by atoms with van der Waals surface area (Å²) in [4.78, 5) is 15.2. The highest BCUT2D eigenvalue weighted by atomic mass is 16.5. The number of hydrogen-bond donors (Lipinski definition) is 1. The Labute approximate surface area is 166 Å². The van der Waals surface area contributed by atoms with Crippen molar-refractivity contribution in [3.63, 3.8) is 0 Å². The van der Waals surface area contributed by atoms with Crippen LogP contribution in [0.3, 0.4) is 0 Å². The Morgan fingerprint density at radius 2 is 1.61 bits per heavy atom. The highest BCUT2D eigenvalue weighted by molar-refractivity contribution is 5.95. The molecule has 144 valence electrons. The van der Waals surface area contributed by atoms with Crippen molar-refractivity contribution in [3.05, 3.63) is 95.6 Å². The van der Waals surface area contributed by atoms with Gasteiger partial charge in [0.2, 0.25) is 5.91 Å². The molecule has 1 amide bonds. The minimum absolute atomic E-state index is 0.0499. The molecule has 0 saturated heterocycles. The third-order valence-electron chi connectivity index (χ3n) is 4.71. The zero-order chi connectivity index (χ0) is 19.9. The molecule has 0 bridgehead atoms. The Bertz CT molecular complexity index is 890. The van der Waals surface area contributed by atoms with Gasteiger partial charge >= 0.3 is 0 Å². The number of methoxy groups -OCH3 is 1. The molecule has 0 aromatic heterocycles. The maximum atomic E-state index is 13.2. The van der Waals surface area contributed by atoms with Gasteiger partial charge in [-0.2, -0.15) is 0 Å². The van der Waals surface area contributed by atoms with Crippen LogP contribution in [0.25, 0.3) is 0 Å². The molecule has 4 heteroatoms. The third kappa shape index (κ3) is 4.99. The molecule has 4 nitrogen and oxygen atoms in total. The monoisotopic (exact) mass is 374 g/mol. The van der Waals surface area contributed by atoms with Gasteiger partial charge in [-0.15, -0.1) is 0 Å². The van der Waals surface area contributed by atoms with Crippen LogP contribution in [0.5, 0.6) is 5.75 Å². The van der Waals surface area contributed by atoms with Gasteiger partial charge in [-0.1, -0.05) is 60.2 Å². The van der Waals surface area contributed by atoms with Crippen molar-refractivity contribution in [1.29, 1.82) is 0 Å². The topological polar surface area (TPSA) is 41.6 Å². The van der Waals surface area contributed by atoms with Gasteiger partial charge in [-0.25, -0.2) is 0 Å². The summed E-state index contributed by atoms with van der Waals surface area (Å²) in [7, 11) is 3.62. The molecule has 0 aliphatic heterocycles. The standard InChI is InChI=1S/C24H26N2O2/c1-18-9-13-21(14-10-18)25-24(27)23(20-7-5-4-6-8-20)26(2)17-19-11-15-22(28-3)16-12-19/h4-16,23H,17H2,1-3H3,(H,25,27). The van der Waals surface area contributed by atoms with Crippen molar-refractivity contribution in [2.45, 2.75) is 19.5 Å². The van der Waals surface area contributed by atoms with Crippen LogP contribution in [-0.2, 0) is 11.3 Å². The van der Waals surface area contributed by atoms with E-state index in [0.717, 1.165) is 28.1 Å². The van der Waals surface area contributed by atoms with Gasteiger partial charge < -0.3 is 10.1 Å². The summed E-state index contributed by atoms with van der Waals surface area (Å²) in [6, 6.07) is 25.2. The molecule has 1 N–H and O–H groups in total. The maximum Gasteiger partial charge on any atom is 0.246 e. The largest absolute Gasteiger partial charge is 0.497 e. The number of amides is 1. The number of anilines is 1. The second-order valence-corrected chi connectivity index (χ2v) is 6.93. The van der Waals surface area contributed by atoms with E-state index in [9.17, 15) is 4.79 Å². The van der Waals surface area contributed by atoms with Crippen LogP contribution in [0.2, 0.25) is 0 Å². The normalized spacial score (nSPS) is 11.9. The highest BCUT2D eigenvalue weighted by Crippen LogP contribution is 2.24. The second kappa shape index (κ2) is 9.20. The fourth-order valence-corrected chi connectivity index (χ4v) is 3.20. The van der Waals surface area contributed by atoms with E-state index in [1.54, 1.807) is 7.11 Å². The average Bonchev–Trinajstić information content (AvgIpc) is 2.71. The van der Waals surface area contributed by atoms with E-state index in [4.69, 9.17) is 4.74 Å². The summed E-state index contributed by atoms with van der Waals surface area (Å²) in [5.74, 6) is 0.772. The minimum Gasteiger partial charge on any atom is -0.497 e. The molecule has 1 unspecified atom stereocenters. The fraction of sp³-hybridized carbons (Fsp3) is 0.208. The zero-order valence-electron chi connectivity index (χ0n) is 16.6. The quantitative estimate of drug-likeness (QED) is 0.645. The van der Waals surface area contributed by atoms with Crippen molar-refractivity contribution >= 4 is 11.6 Å². The molecule has 1 atom stereocenters. The van der Waals surface area contributed by atoms with Crippen molar-refractivity contribution in [2.75, 3.05) is 19.5 Å². The van der Waals surface area contributed by atoms with Crippen molar-refractivity contribution in [2.24, 2.45) is 0 Å². The van der Waals surface area contributed by atoms with Crippen molar-refractivity contribution in [3.8, 4) is 5.75 Å². The number of nitrogens with one attached hydrogen (secondary N) is 1. The first-order valence-corrected chi connectivity index (χ1v) is 9.32. The summed E-state index contributed by atoms with van der Waals surface area (Å²) >= 11 is 0. The van der Waals surface area contributed by atoms with Crippen LogP contribution in [0.15, 0.2) is 78.9 Å². The van der Waals surface area contributed by atoms with Crippen LogP contribution >= 0.6 is 0 Å². The summed E-state index contributed by atoms with van der Waals surface area (Å²) in [6.07, 6.45) is 0. The maximum absolute atomic E-state index is 13.2. The molecule has 3 rings (SSSR count). The molecule has 0 fully saturated rings. The number of carbonyl (C=O) groups is 1. The Morgan fingerprint density at radius 1 is 0.964 bits per heavy atom. The second-order valence-electron chi connectivity index (χ2n) is 6.93. The molecule has 3 aromatic rings. The molecule has 0 spiro atoms. The molecule has 0 aliphatic rings. The van der Waals surface area contributed by atoms with Crippen LogP contribution in [-0.4, -0.2) is 25.0 Å². The molecule has 0 aliphatic carbocycles.